The minimum absolute atomic E-state index is 0.220. The molecular weight excluding hydrogens is 563 g/mol. The first-order valence-corrected chi connectivity index (χ1v) is 15.6. The summed E-state index contributed by atoms with van der Waals surface area (Å²) in [7, 11) is -0.651. The van der Waals surface area contributed by atoms with Crippen LogP contribution in [-0.4, -0.2) is 7.05 Å². The van der Waals surface area contributed by atoms with Gasteiger partial charge in [0.05, 0.1) is 5.69 Å². The van der Waals surface area contributed by atoms with Crippen LogP contribution in [-0.2, 0) is 5.41 Å². The summed E-state index contributed by atoms with van der Waals surface area (Å²) in [5, 5.41) is 3.28. The highest BCUT2D eigenvalue weighted by Crippen LogP contribution is 2.59. The van der Waals surface area contributed by atoms with Gasteiger partial charge in [-0.05, 0) is 59.5 Å². The zero-order valence-electron chi connectivity index (χ0n) is 22.3. The molecule has 0 N–H and O–H groups in total. The van der Waals surface area contributed by atoms with E-state index in [0.717, 1.165) is 32.0 Å². The lowest BCUT2D eigenvalue weighted by molar-refractivity contribution is 0.619. The molecule has 0 bridgehead atoms. The number of hydrogen-bond acceptors (Lipinski definition) is 3. The monoisotopic (exact) mass is 592 g/mol. The Morgan fingerprint density at radius 2 is 1.44 bits per heavy atom. The molecule has 1 atom stereocenters. The summed E-state index contributed by atoms with van der Waals surface area (Å²) in [6.07, 6.45) is 0. The first kappa shape index (κ1) is 25.7. The minimum Gasteiger partial charge on any atom is -0.452 e. The maximum absolute atomic E-state index is 7.27. The van der Waals surface area contributed by atoms with Crippen LogP contribution in [0.1, 0.15) is 19.4 Å². The Labute approximate surface area is 239 Å². The Morgan fingerprint density at radius 1 is 0.769 bits per heavy atom. The largest absolute Gasteiger partial charge is 0.452 e. The molecule has 5 aromatic carbocycles. The third-order valence-electron chi connectivity index (χ3n) is 7.44. The van der Waals surface area contributed by atoms with Gasteiger partial charge in [0.2, 0.25) is 0 Å². The molecule has 5 aromatic rings. The van der Waals surface area contributed by atoms with Crippen LogP contribution < -0.4 is 14.7 Å². The Kier molecular flexibility index (Phi) is 6.71. The number of allylic oxidation sites excluding steroid dienone is 1. The SMILES string of the molecule is CN1/C(=C\P(=Nc2ccc(Br)cc2)(Oc2cccc3ccccc23)c2ccccc2)C(C)(C)c2ccccc21. The first-order valence-electron chi connectivity index (χ1n) is 13.0. The lowest BCUT2D eigenvalue weighted by atomic mass is 9.84. The quantitative estimate of drug-likeness (QED) is 0.190. The van der Waals surface area contributed by atoms with Gasteiger partial charge in [-0.2, -0.15) is 0 Å². The maximum Gasteiger partial charge on any atom is 0.191 e. The van der Waals surface area contributed by atoms with Gasteiger partial charge >= 0.3 is 0 Å². The van der Waals surface area contributed by atoms with Crippen molar-refractivity contribution in [3.05, 3.63) is 143 Å². The van der Waals surface area contributed by atoms with Crippen LogP contribution in [0, 0.1) is 0 Å². The van der Waals surface area contributed by atoms with Gasteiger partial charge < -0.3 is 9.42 Å². The van der Waals surface area contributed by atoms with Gasteiger partial charge in [0.25, 0.3) is 0 Å². The smallest absolute Gasteiger partial charge is 0.191 e. The summed E-state index contributed by atoms with van der Waals surface area (Å²) in [6, 6.07) is 41.9. The van der Waals surface area contributed by atoms with E-state index in [2.05, 4.69) is 139 Å². The molecule has 3 nitrogen and oxygen atoms in total. The molecule has 0 saturated heterocycles. The van der Waals surface area contributed by atoms with Crippen molar-refractivity contribution in [1.29, 1.82) is 0 Å². The lowest BCUT2D eigenvalue weighted by Gasteiger charge is -2.30. The molecular formula is C34H30BrN2OP. The molecule has 5 heteroatoms. The van der Waals surface area contributed by atoms with Gasteiger partial charge in [-0.15, -0.1) is 0 Å². The van der Waals surface area contributed by atoms with E-state index in [9.17, 15) is 0 Å². The third-order valence-corrected chi connectivity index (χ3v) is 10.6. The second kappa shape index (κ2) is 10.2. The molecule has 0 aromatic heterocycles. The van der Waals surface area contributed by atoms with Crippen molar-refractivity contribution in [1.82, 2.24) is 0 Å². The molecule has 0 radical (unpaired) electrons. The topological polar surface area (TPSA) is 24.8 Å². The highest BCUT2D eigenvalue weighted by Gasteiger charge is 2.40. The molecule has 1 heterocycles. The molecule has 1 aliphatic heterocycles. The molecule has 1 aliphatic rings. The highest BCUT2D eigenvalue weighted by atomic mass is 79.9. The number of nitrogens with zero attached hydrogens (tertiary/aromatic N) is 2. The molecule has 194 valence electrons. The number of likely N-dealkylation sites (N-methyl/N-ethyl adjacent to an activating group) is 1. The second-order valence-corrected chi connectivity index (χ2v) is 13.6. The first-order chi connectivity index (χ1) is 18.9. The van der Waals surface area contributed by atoms with Crippen molar-refractivity contribution in [2.24, 2.45) is 4.74 Å². The zero-order chi connectivity index (χ0) is 27.0. The predicted molar refractivity (Wildman–Crippen MR) is 170 cm³/mol. The van der Waals surface area contributed by atoms with E-state index >= 15 is 0 Å². The second-order valence-electron chi connectivity index (χ2n) is 10.3. The fourth-order valence-corrected chi connectivity index (χ4v) is 8.55. The predicted octanol–water partition coefficient (Wildman–Crippen LogP) is 10.0. The molecule has 0 saturated carbocycles. The van der Waals surface area contributed by atoms with Crippen molar-refractivity contribution in [2.75, 3.05) is 11.9 Å². The third kappa shape index (κ3) is 4.73. The summed E-state index contributed by atoms with van der Waals surface area (Å²) in [4.78, 5) is 2.30. The average molecular weight is 594 g/mol. The fourth-order valence-electron chi connectivity index (χ4n) is 5.40. The number of rotatable bonds is 5. The summed E-state index contributed by atoms with van der Waals surface area (Å²) in [5.41, 5.74) is 4.36. The summed E-state index contributed by atoms with van der Waals surface area (Å²) in [6.45, 7) is 4.58. The maximum atomic E-state index is 7.27. The number of anilines is 1. The Morgan fingerprint density at radius 3 is 2.21 bits per heavy atom. The van der Waals surface area contributed by atoms with Crippen LogP contribution in [0.15, 0.2) is 142 Å². The standard InChI is InChI=1S/C34H30BrN2OP/c1-34(2)30-17-9-10-18-31(30)37(3)33(34)24-39(28-14-5-4-6-15-28,36-27-22-20-26(35)21-23-27)38-32-19-11-13-25-12-7-8-16-29(25)32/h4-24H,1-3H3/b33-24-. The number of benzene rings is 5. The van der Waals surface area contributed by atoms with E-state index in [0.29, 0.717) is 0 Å². The lowest BCUT2D eigenvalue weighted by Crippen LogP contribution is -2.24. The van der Waals surface area contributed by atoms with Crippen LogP contribution in [0.3, 0.4) is 0 Å². The molecule has 1 unspecified atom stereocenters. The molecule has 6 rings (SSSR count). The van der Waals surface area contributed by atoms with Gasteiger partial charge in [0, 0.05) is 44.8 Å². The number of halogens is 1. The van der Waals surface area contributed by atoms with E-state index in [1.165, 1.54) is 16.9 Å². The van der Waals surface area contributed by atoms with E-state index in [4.69, 9.17) is 9.27 Å². The molecule has 0 fully saturated rings. The number of para-hydroxylation sites is 1. The van der Waals surface area contributed by atoms with E-state index in [1.54, 1.807) is 0 Å². The van der Waals surface area contributed by atoms with Crippen LogP contribution in [0.2, 0.25) is 0 Å². The van der Waals surface area contributed by atoms with Crippen molar-refractivity contribution in [3.63, 3.8) is 0 Å². The molecule has 0 spiro atoms. The van der Waals surface area contributed by atoms with Crippen LogP contribution in [0.25, 0.3) is 10.8 Å². The van der Waals surface area contributed by atoms with Crippen LogP contribution in [0.5, 0.6) is 5.75 Å². The Hall–Kier alpha value is -3.59. The van der Waals surface area contributed by atoms with E-state index < -0.39 is 7.28 Å². The normalized spacial score (nSPS) is 16.6. The number of hydrogen-bond donors (Lipinski definition) is 0. The summed E-state index contributed by atoms with van der Waals surface area (Å²) in [5.74, 6) is 3.16. The summed E-state index contributed by atoms with van der Waals surface area (Å²) < 4.78 is 13.8. The van der Waals surface area contributed by atoms with Crippen LogP contribution >= 0.6 is 23.2 Å². The van der Waals surface area contributed by atoms with Crippen molar-refractivity contribution >= 4 is 50.7 Å². The highest BCUT2D eigenvalue weighted by molar-refractivity contribution is 9.10. The van der Waals surface area contributed by atoms with Crippen molar-refractivity contribution in [2.45, 2.75) is 19.3 Å². The zero-order valence-corrected chi connectivity index (χ0v) is 24.7. The van der Waals surface area contributed by atoms with Gasteiger partial charge in [-0.3, -0.25) is 0 Å². The van der Waals surface area contributed by atoms with Gasteiger partial charge in [-0.1, -0.05) is 103 Å². The average Bonchev–Trinajstić information content (AvgIpc) is 3.15. The van der Waals surface area contributed by atoms with Crippen molar-refractivity contribution < 1.29 is 4.52 Å². The Bertz CT molecular complexity index is 1740. The fraction of sp³-hybridized carbons (Fsp3) is 0.118. The minimum atomic E-state index is -2.80. The van der Waals surface area contributed by atoms with Crippen LogP contribution in [0.4, 0.5) is 11.4 Å². The molecule has 39 heavy (non-hydrogen) atoms. The van der Waals surface area contributed by atoms with E-state index in [1.807, 2.05) is 30.3 Å². The van der Waals surface area contributed by atoms with Gasteiger partial charge in [0.15, 0.2) is 7.28 Å². The summed E-state index contributed by atoms with van der Waals surface area (Å²) >= 11 is 3.58. The van der Waals surface area contributed by atoms with Gasteiger partial charge in [-0.25, -0.2) is 4.74 Å². The molecule has 0 aliphatic carbocycles. The Balaban J connectivity index is 1.66. The van der Waals surface area contributed by atoms with E-state index in [-0.39, 0.29) is 5.41 Å². The van der Waals surface area contributed by atoms with Gasteiger partial charge in [0.1, 0.15) is 5.75 Å². The van der Waals surface area contributed by atoms with Crippen molar-refractivity contribution in [3.8, 4) is 5.75 Å². The number of fused-ring (bicyclic) bond motifs is 2. The molecule has 0 amide bonds.